The number of anilines is 1. The van der Waals surface area contributed by atoms with Crippen LogP contribution in [-0.2, 0) is 10.0 Å². The molecular formula is C20H21ClN4O4S2. The molecule has 1 aliphatic rings. The summed E-state index contributed by atoms with van der Waals surface area (Å²) in [5.41, 5.74) is 0.276. The largest absolute Gasteiger partial charge is 0.402 e. The van der Waals surface area contributed by atoms with Crippen LogP contribution in [0.25, 0.3) is 10.8 Å². The molecule has 3 aromatic rings. The lowest BCUT2D eigenvalue weighted by atomic mass is 9.96. The summed E-state index contributed by atoms with van der Waals surface area (Å²) >= 11 is 7.18. The van der Waals surface area contributed by atoms with Gasteiger partial charge in [-0.1, -0.05) is 36.0 Å². The molecule has 1 fully saturated rings. The number of nitrogens with one attached hydrogen (secondary N) is 1. The van der Waals surface area contributed by atoms with Crippen molar-refractivity contribution in [2.24, 2.45) is 0 Å². The molecule has 0 unspecified atom stereocenters. The Labute approximate surface area is 189 Å². The van der Waals surface area contributed by atoms with Crippen molar-refractivity contribution in [3.8, 4) is 10.8 Å². The van der Waals surface area contributed by atoms with E-state index in [1.54, 1.807) is 19.2 Å². The summed E-state index contributed by atoms with van der Waals surface area (Å²) in [6.07, 6.45) is 4.98. The first-order valence-electron chi connectivity index (χ1n) is 9.83. The van der Waals surface area contributed by atoms with Gasteiger partial charge in [-0.3, -0.25) is 10.1 Å². The quantitative estimate of drug-likeness (QED) is 0.550. The van der Waals surface area contributed by atoms with E-state index in [9.17, 15) is 13.2 Å². The number of benzene rings is 1. The van der Waals surface area contributed by atoms with Crippen LogP contribution in [0.3, 0.4) is 0 Å². The monoisotopic (exact) mass is 480 g/mol. The van der Waals surface area contributed by atoms with Crippen LogP contribution in [0.15, 0.2) is 45.7 Å². The van der Waals surface area contributed by atoms with Crippen molar-refractivity contribution in [2.75, 3.05) is 12.4 Å². The van der Waals surface area contributed by atoms with Gasteiger partial charge in [0.15, 0.2) is 0 Å². The molecule has 1 saturated carbocycles. The second kappa shape index (κ2) is 9.07. The van der Waals surface area contributed by atoms with Crippen molar-refractivity contribution in [2.45, 2.75) is 43.0 Å². The van der Waals surface area contributed by atoms with E-state index in [-0.39, 0.29) is 28.4 Å². The Bertz CT molecular complexity index is 1170. The standard InChI is InChI=1S/C20H21ClN4O4S2/c1-25(14-5-3-2-4-6-14)31(27,28)15-9-7-13(8-10-15)18(26)22-20-24-23-19(29-20)16-11-12-17(21)30-16/h7-12,14H,2-6H2,1H3,(H,22,24,26). The zero-order valence-corrected chi connectivity index (χ0v) is 19.1. The first-order valence-corrected chi connectivity index (χ1v) is 12.5. The summed E-state index contributed by atoms with van der Waals surface area (Å²) in [6, 6.07) is 9.24. The number of aromatic nitrogens is 2. The van der Waals surface area contributed by atoms with Crippen molar-refractivity contribution in [3.05, 3.63) is 46.3 Å². The Balaban J connectivity index is 1.44. The predicted octanol–water partition coefficient (Wildman–Crippen LogP) is 4.66. The molecule has 1 aliphatic carbocycles. The van der Waals surface area contributed by atoms with Gasteiger partial charge in [0.25, 0.3) is 11.8 Å². The van der Waals surface area contributed by atoms with E-state index in [4.69, 9.17) is 16.0 Å². The highest BCUT2D eigenvalue weighted by atomic mass is 35.5. The topological polar surface area (TPSA) is 105 Å². The zero-order valence-electron chi connectivity index (χ0n) is 16.7. The van der Waals surface area contributed by atoms with Crippen molar-refractivity contribution >= 4 is 44.9 Å². The van der Waals surface area contributed by atoms with Gasteiger partial charge in [0.05, 0.1) is 14.1 Å². The number of hydrogen-bond acceptors (Lipinski definition) is 7. The number of hydrogen-bond donors (Lipinski definition) is 1. The highest BCUT2D eigenvalue weighted by Gasteiger charge is 2.29. The molecule has 2 aromatic heterocycles. The van der Waals surface area contributed by atoms with Crippen LogP contribution >= 0.6 is 22.9 Å². The molecule has 0 spiro atoms. The van der Waals surface area contributed by atoms with Crippen LogP contribution in [-0.4, -0.2) is 41.9 Å². The third-order valence-corrected chi connectivity index (χ3v) is 8.46. The second-order valence-corrected chi connectivity index (χ2v) is 11.0. The maximum Gasteiger partial charge on any atom is 0.322 e. The average Bonchev–Trinajstić information content (AvgIpc) is 3.42. The number of sulfonamides is 1. The van der Waals surface area contributed by atoms with Gasteiger partial charge in [-0.05, 0) is 49.2 Å². The number of carbonyl (C=O) groups is 1. The molecule has 0 radical (unpaired) electrons. The van der Waals surface area contributed by atoms with E-state index in [0.29, 0.717) is 9.21 Å². The van der Waals surface area contributed by atoms with Gasteiger partial charge in [0, 0.05) is 18.7 Å². The molecule has 0 atom stereocenters. The lowest BCUT2D eigenvalue weighted by molar-refractivity contribution is 0.102. The molecule has 2 heterocycles. The first-order chi connectivity index (χ1) is 14.8. The fourth-order valence-corrected chi connectivity index (χ4v) is 5.94. The Morgan fingerprint density at radius 3 is 2.48 bits per heavy atom. The van der Waals surface area contributed by atoms with Crippen LogP contribution < -0.4 is 5.32 Å². The summed E-state index contributed by atoms with van der Waals surface area (Å²) in [6.45, 7) is 0. The number of amides is 1. The Morgan fingerprint density at radius 2 is 1.84 bits per heavy atom. The van der Waals surface area contributed by atoms with E-state index in [1.165, 1.54) is 39.9 Å². The summed E-state index contributed by atoms with van der Waals surface area (Å²) < 4.78 is 33.3. The molecule has 0 bridgehead atoms. The van der Waals surface area contributed by atoms with Crippen LogP contribution in [0.4, 0.5) is 6.01 Å². The summed E-state index contributed by atoms with van der Waals surface area (Å²) in [5, 5.41) is 10.2. The van der Waals surface area contributed by atoms with Crippen LogP contribution in [0.1, 0.15) is 42.5 Å². The maximum atomic E-state index is 12.9. The fraction of sp³-hybridized carbons (Fsp3) is 0.350. The van der Waals surface area contributed by atoms with Crippen molar-refractivity contribution < 1.29 is 17.6 Å². The van der Waals surface area contributed by atoms with E-state index in [0.717, 1.165) is 32.1 Å². The molecule has 0 aliphatic heterocycles. The molecule has 8 nitrogen and oxygen atoms in total. The van der Waals surface area contributed by atoms with Gasteiger partial charge in [0.2, 0.25) is 10.0 Å². The van der Waals surface area contributed by atoms with E-state index in [2.05, 4.69) is 15.5 Å². The molecule has 164 valence electrons. The van der Waals surface area contributed by atoms with Crippen molar-refractivity contribution in [3.63, 3.8) is 0 Å². The number of carbonyl (C=O) groups excluding carboxylic acids is 1. The SMILES string of the molecule is CN(C1CCCCC1)S(=O)(=O)c1ccc(C(=O)Nc2nnc(-c3ccc(Cl)s3)o2)cc1. The Hall–Kier alpha value is -2.27. The smallest absolute Gasteiger partial charge is 0.322 e. The number of thiophene rings is 1. The Kier molecular flexibility index (Phi) is 6.42. The van der Waals surface area contributed by atoms with Gasteiger partial charge < -0.3 is 4.42 Å². The second-order valence-electron chi connectivity index (χ2n) is 7.31. The normalized spacial score (nSPS) is 15.3. The molecule has 4 rings (SSSR count). The summed E-state index contributed by atoms with van der Waals surface area (Å²) in [7, 11) is -1.99. The number of rotatable bonds is 6. The number of nitrogens with zero attached hydrogens (tertiary/aromatic N) is 3. The van der Waals surface area contributed by atoms with E-state index >= 15 is 0 Å². The van der Waals surface area contributed by atoms with E-state index in [1.807, 2.05) is 0 Å². The summed E-state index contributed by atoms with van der Waals surface area (Å²) in [5.74, 6) is -0.233. The van der Waals surface area contributed by atoms with E-state index < -0.39 is 15.9 Å². The highest BCUT2D eigenvalue weighted by Crippen LogP contribution is 2.31. The Morgan fingerprint density at radius 1 is 1.13 bits per heavy atom. The molecule has 31 heavy (non-hydrogen) atoms. The van der Waals surface area contributed by atoms with Gasteiger partial charge >= 0.3 is 6.01 Å². The average molecular weight is 481 g/mol. The molecular weight excluding hydrogens is 460 g/mol. The van der Waals surface area contributed by atoms with Crippen molar-refractivity contribution in [1.82, 2.24) is 14.5 Å². The highest BCUT2D eigenvalue weighted by molar-refractivity contribution is 7.89. The van der Waals surface area contributed by atoms with Gasteiger partial charge in [-0.2, -0.15) is 4.31 Å². The molecule has 1 N–H and O–H groups in total. The van der Waals surface area contributed by atoms with Crippen molar-refractivity contribution in [1.29, 1.82) is 0 Å². The third-order valence-electron chi connectivity index (χ3n) is 5.31. The van der Waals surface area contributed by atoms with Gasteiger partial charge in [0.1, 0.15) is 0 Å². The minimum absolute atomic E-state index is 0.0201. The first kappa shape index (κ1) is 21.9. The molecule has 11 heteroatoms. The molecule has 1 amide bonds. The third kappa shape index (κ3) is 4.82. The fourth-order valence-electron chi connectivity index (χ4n) is 3.56. The van der Waals surface area contributed by atoms with Gasteiger partial charge in [-0.25, -0.2) is 8.42 Å². The summed E-state index contributed by atoms with van der Waals surface area (Å²) in [4.78, 5) is 13.3. The minimum Gasteiger partial charge on any atom is -0.402 e. The van der Waals surface area contributed by atoms with Crippen LogP contribution in [0, 0.1) is 0 Å². The lowest BCUT2D eigenvalue weighted by Gasteiger charge is -2.30. The van der Waals surface area contributed by atoms with Crippen LogP contribution in [0.2, 0.25) is 4.34 Å². The predicted molar refractivity (Wildman–Crippen MR) is 119 cm³/mol. The number of halogens is 1. The molecule has 0 saturated heterocycles. The van der Waals surface area contributed by atoms with Gasteiger partial charge in [-0.15, -0.1) is 16.4 Å². The van der Waals surface area contributed by atoms with Crippen LogP contribution in [0.5, 0.6) is 0 Å². The zero-order chi connectivity index (χ0) is 22.0. The lowest BCUT2D eigenvalue weighted by Crippen LogP contribution is -2.38. The molecule has 1 aromatic carbocycles. The maximum absolute atomic E-state index is 12.9. The minimum atomic E-state index is -3.61.